The molecule has 0 spiro atoms. The number of ether oxygens (including phenoxy) is 1. The fourth-order valence-corrected chi connectivity index (χ4v) is 3.95. The van der Waals surface area contributed by atoms with Crippen LogP contribution in [-0.2, 0) is 0 Å². The number of carbonyl (C=O) groups is 1. The van der Waals surface area contributed by atoms with Gasteiger partial charge in [-0.2, -0.15) is 0 Å². The van der Waals surface area contributed by atoms with Gasteiger partial charge in [0.05, 0.1) is 17.3 Å². The number of thiocarbonyl (C=S) groups is 1. The summed E-state index contributed by atoms with van der Waals surface area (Å²) >= 11 is 11.7. The minimum atomic E-state index is -0.354. The first-order chi connectivity index (χ1) is 16.9. The molecular weight excluding hydrogens is 482 g/mol. The van der Waals surface area contributed by atoms with E-state index < -0.39 is 0 Å². The molecule has 35 heavy (non-hydrogen) atoms. The summed E-state index contributed by atoms with van der Waals surface area (Å²) in [7, 11) is 0. The number of oxazole rings is 1. The third-order valence-corrected chi connectivity index (χ3v) is 6.22. The molecule has 0 bridgehead atoms. The van der Waals surface area contributed by atoms with Crippen molar-refractivity contribution < 1.29 is 13.9 Å². The van der Waals surface area contributed by atoms with Crippen LogP contribution in [0.2, 0.25) is 5.02 Å². The second-order valence-electron chi connectivity index (χ2n) is 8.12. The summed E-state index contributed by atoms with van der Waals surface area (Å²) in [6, 6.07) is 18.3. The van der Waals surface area contributed by atoms with Gasteiger partial charge in [0.2, 0.25) is 5.89 Å². The molecule has 0 aliphatic rings. The van der Waals surface area contributed by atoms with Crippen LogP contribution >= 0.6 is 23.8 Å². The second-order valence-corrected chi connectivity index (χ2v) is 8.93. The molecular formula is C27H26ClN3O3S. The summed E-state index contributed by atoms with van der Waals surface area (Å²) in [4.78, 5) is 17.3. The number of amides is 1. The zero-order valence-corrected chi connectivity index (χ0v) is 21.3. The maximum atomic E-state index is 12.6. The molecule has 3 aromatic carbocycles. The van der Waals surface area contributed by atoms with E-state index in [-0.39, 0.29) is 11.0 Å². The predicted octanol–water partition coefficient (Wildman–Crippen LogP) is 7.19. The second kappa shape index (κ2) is 10.9. The van der Waals surface area contributed by atoms with Crippen LogP contribution in [0.1, 0.15) is 49.0 Å². The standard InChI is InChI=1S/C27H26ClN3O3S/c1-4-16(3)17-10-12-24-23(14-17)29-26(34-24)19-9-11-21(28)22(15-19)30-27(35)31-25(32)18-7-6-8-20(13-18)33-5-2/h6-16H,4-5H2,1-3H3,(H2,30,31,32,35). The zero-order valence-electron chi connectivity index (χ0n) is 19.7. The topological polar surface area (TPSA) is 76.4 Å². The van der Waals surface area contributed by atoms with Gasteiger partial charge in [-0.05, 0) is 85.6 Å². The molecule has 180 valence electrons. The van der Waals surface area contributed by atoms with Gasteiger partial charge in [0.25, 0.3) is 5.91 Å². The highest BCUT2D eigenvalue weighted by Crippen LogP contribution is 2.31. The molecule has 0 saturated heterocycles. The van der Waals surface area contributed by atoms with Gasteiger partial charge in [-0.1, -0.05) is 37.6 Å². The summed E-state index contributed by atoms with van der Waals surface area (Å²) < 4.78 is 11.4. The Labute approximate surface area is 214 Å². The highest BCUT2D eigenvalue weighted by molar-refractivity contribution is 7.80. The molecule has 4 aromatic rings. The lowest BCUT2D eigenvalue weighted by atomic mass is 9.98. The molecule has 1 atom stereocenters. The number of nitrogens with one attached hydrogen (secondary N) is 2. The highest BCUT2D eigenvalue weighted by Gasteiger charge is 2.14. The number of carbonyl (C=O) groups excluding carboxylic acids is 1. The molecule has 1 amide bonds. The Morgan fingerprint density at radius 3 is 2.74 bits per heavy atom. The van der Waals surface area contributed by atoms with E-state index in [0.29, 0.717) is 46.0 Å². The van der Waals surface area contributed by atoms with Gasteiger partial charge in [-0.25, -0.2) is 4.98 Å². The first kappa shape index (κ1) is 24.7. The van der Waals surface area contributed by atoms with Crippen LogP contribution < -0.4 is 15.4 Å². The summed E-state index contributed by atoms with van der Waals surface area (Å²) in [5, 5.41) is 6.23. The van der Waals surface area contributed by atoms with E-state index in [0.717, 1.165) is 17.5 Å². The van der Waals surface area contributed by atoms with Gasteiger partial charge < -0.3 is 14.5 Å². The van der Waals surface area contributed by atoms with Crippen LogP contribution in [0.5, 0.6) is 5.75 Å². The van der Waals surface area contributed by atoms with Gasteiger partial charge in [0.15, 0.2) is 10.7 Å². The number of nitrogens with zero attached hydrogens (tertiary/aromatic N) is 1. The fourth-order valence-electron chi connectivity index (χ4n) is 3.59. The largest absolute Gasteiger partial charge is 0.494 e. The van der Waals surface area contributed by atoms with E-state index in [1.165, 1.54) is 5.56 Å². The van der Waals surface area contributed by atoms with Crippen LogP contribution in [0.4, 0.5) is 5.69 Å². The van der Waals surface area contributed by atoms with Gasteiger partial charge in [-0.15, -0.1) is 0 Å². The Balaban J connectivity index is 1.51. The molecule has 1 aromatic heterocycles. The SMILES string of the molecule is CCOc1cccc(C(=O)NC(=S)Nc2cc(-c3nc4cc(C(C)CC)ccc4o3)ccc2Cl)c1. The molecule has 0 aliphatic heterocycles. The van der Waals surface area contributed by atoms with E-state index in [4.69, 9.17) is 33.0 Å². The Morgan fingerprint density at radius 1 is 1.14 bits per heavy atom. The molecule has 0 aliphatic carbocycles. The highest BCUT2D eigenvalue weighted by atomic mass is 35.5. The van der Waals surface area contributed by atoms with Crippen molar-refractivity contribution in [1.82, 2.24) is 10.3 Å². The predicted molar refractivity (Wildman–Crippen MR) is 144 cm³/mol. The van der Waals surface area contributed by atoms with Crippen molar-refractivity contribution in [3.05, 3.63) is 76.8 Å². The molecule has 0 radical (unpaired) electrons. The third kappa shape index (κ3) is 5.81. The van der Waals surface area contributed by atoms with Crippen molar-refractivity contribution in [2.75, 3.05) is 11.9 Å². The van der Waals surface area contributed by atoms with E-state index in [1.807, 2.05) is 19.1 Å². The van der Waals surface area contributed by atoms with Gasteiger partial charge in [0.1, 0.15) is 11.3 Å². The summed E-state index contributed by atoms with van der Waals surface area (Å²) in [6.45, 7) is 6.75. The molecule has 1 heterocycles. The monoisotopic (exact) mass is 507 g/mol. The lowest BCUT2D eigenvalue weighted by molar-refractivity contribution is 0.0977. The van der Waals surface area contributed by atoms with Crippen LogP contribution in [0.15, 0.2) is 65.1 Å². The fraction of sp³-hybridized carbons (Fsp3) is 0.222. The van der Waals surface area contributed by atoms with Crippen LogP contribution in [0.25, 0.3) is 22.6 Å². The molecule has 1 unspecified atom stereocenters. The zero-order chi connectivity index (χ0) is 24.9. The molecule has 8 heteroatoms. The first-order valence-corrected chi connectivity index (χ1v) is 12.2. The Kier molecular flexibility index (Phi) is 7.68. The summed E-state index contributed by atoms with van der Waals surface area (Å²) in [5.74, 6) is 1.18. The minimum absolute atomic E-state index is 0.117. The van der Waals surface area contributed by atoms with Crippen LogP contribution in [0.3, 0.4) is 0 Å². The number of hydrogen-bond acceptors (Lipinski definition) is 5. The minimum Gasteiger partial charge on any atom is -0.494 e. The van der Waals surface area contributed by atoms with Crippen molar-refractivity contribution in [3.63, 3.8) is 0 Å². The van der Waals surface area contributed by atoms with Crippen LogP contribution in [0, 0.1) is 0 Å². The van der Waals surface area contributed by atoms with E-state index in [2.05, 4.69) is 41.6 Å². The van der Waals surface area contributed by atoms with E-state index in [1.54, 1.807) is 36.4 Å². The maximum Gasteiger partial charge on any atom is 0.257 e. The molecule has 0 saturated carbocycles. The number of rotatable bonds is 7. The number of halogens is 1. The molecule has 2 N–H and O–H groups in total. The number of hydrogen-bond donors (Lipinski definition) is 2. The lowest BCUT2D eigenvalue weighted by Gasteiger charge is -2.12. The maximum absolute atomic E-state index is 12.6. The van der Waals surface area contributed by atoms with Crippen molar-refractivity contribution >= 4 is 51.6 Å². The smallest absolute Gasteiger partial charge is 0.257 e. The number of anilines is 1. The van der Waals surface area contributed by atoms with Crippen molar-refractivity contribution in [2.24, 2.45) is 0 Å². The number of aromatic nitrogens is 1. The molecule has 6 nitrogen and oxygen atoms in total. The van der Waals surface area contributed by atoms with E-state index >= 15 is 0 Å². The Morgan fingerprint density at radius 2 is 1.97 bits per heavy atom. The average Bonchev–Trinajstić information content (AvgIpc) is 3.28. The normalized spacial score (nSPS) is 11.8. The van der Waals surface area contributed by atoms with Crippen molar-refractivity contribution in [3.8, 4) is 17.2 Å². The van der Waals surface area contributed by atoms with Gasteiger partial charge in [-0.3, -0.25) is 10.1 Å². The van der Waals surface area contributed by atoms with Crippen LogP contribution in [-0.4, -0.2) is 22.6 Å². The average molecular weight is 508 g/mol. The van der Waals surface area contributed by atoms with Crippen molar-refractivity contribution in [1.29, 1.82) is 0 Å². The number of benzene rings is 3. The third-order valence-electron chi connectivity index (χ3n) is 5.69. The summed E-state index contributed by atoms with van der Waals surface area (Å²) in [6.07, 6.45) is 1.05. The van der Waals surface area contributed by atoms with Gasteiger partial charge >= 0.3 is 0 Å². The quantitative estimate of drug-likeness (QED) is 0.258. The summed E-state index contributed by atoms with van der Waals surface area (Å²) in [5.41, 5.74) is 4.44. The molecule has 0 fully saturated rings. The van der Waals surface area contributed by atoms with E-state index in [9.17, 15) is 4.79 Å². The lowest BCUT2D eigenvalue weighted by Crippen LogP contribution is -2.34. The van der Waals surface area contributed by atoms with Gasteiger partial charge in [0, 0.05) is 11.1 Å². The number of fused-ring (bicyclic) bond motifs is 1. The Bertz CT molecular complexity index is 1390. The first-order valence-electron chi connectivity index (χ1n) is 11.4. The van der Waals surface area contributed by atoms with Crippen molar-refractivity contribution in [2.45, 2.75) is 33.1 Å². The Hall–Kier alpha value is -3.42. The molecule has 4 rings (SSSR count).